The van der Waals surface area contributed by atoms with E-state index in [1.54, 1.807) is 16.5 Å². The maximum absolute atomic E-state index is 14.9. The van der Waals surface area contributed by atoms with Crippen molar-refractivity contribution in [1.29, 1.82) is 5.26 Å². The zero-order valence-corrected chi connectivity index (χ0v) is 23.9. The van der Waals surface area contributed by atoms with E-state index in [-0.39, 0.29) is 56.0 Å². The van der Waals surface area contributed by atoms with E-state index in [2.05, 4.69) is 6.07 Å². The normalized spacial score (nSPS) is 22.6. The number of nitrogens with zero attached hydrogens (tertiary/aromatic N) is 2. The Morgan fingerprint density at radius 2 is 1.90 bits per heavy atom. The average Bonchev–Trinajstić information content (AvgIpc) is 3.72. The van der Waals surface area contributed by atoms with Crippen LogP contribution in [0.1, 0.15) is 56.2 Å². The minimum atomic E-state index is -4.69. The standard InChI is InChI=1S/C27H29ClF5N3O4S/c1-15(18-9-17(27(31,32)33)10-21(28)24(18)30)36-7-5-26(13-34,6-8-36)14-40-23-12-22(29)20(11-19(23)16-3-4-16)25(37)35-41(2,38)39/h9-11,15-16,23H,3-8,12,14H2,1-2H3,(H,35,37)/t15-,23?/m1/s1. The first-order valence-electron chi connectivity index (χ1n) is 13.0. The van der Waals surface area contributed by atoms with Gasteiger partial charge in [-0.15, -0.1) is 0 Å². The van der Waals surface area contributed by atoms with Gasteiger partial charge in [0, 0.05) is 31.1 Å². The quantitative estimate of drug-likeness (QED) is 0.380. The van der Waals surface area contributed by atoms with Crippen molar-refractivity contribution >= 4 is 27.5 Å². The van der Waals surface area contributed by atoms with Gasteiger partial charge >= 0.3 is 6.18 Å². The lowest BCUT2D eigenvalue weighted by atomic mass is 9.79. The molecule has 14 heteroatoms. The molecule has 4 rings (SSSR count). The van der Waals surface area contributed by atoms with Gasteiger partial charge in [0.15, 0.2) is 0 Å². The fourth-order valence-corrected chi connectivity index (χ4v) is 5.93. The highest BCUT2D eigenvalue weighted by Gasteiger charge is 2.41. The third-order valence-corrected chi connectivity index (χ3v) is 8.68. The highest BCUT2D eigenvalue weighted by Crippen LogP contribution is 2.45. The monoisotopic (exact) mass is 621 g/mol. The Hall–Kier alpha value is -2.53. The van der Waals surface area contributed by atoms with E-state index < -0.39 is 61.9 Å². The van der Waals surface area contributed by atoms with Crippen LogP contribution in [-0.4, -0.2) is 51.3 Å². The number of rotatable bonds is 8. The zero-order chi connectivity index (χ0) is 30.3. The van der Waals surface area contributed by atoms with Crippen molar-refractivity contribution < 1.29 is 39.9 Å². The molecule has 0 radical (unpaired) electrons. The first-order chi connectivity index (χ1) is 19.0. The van der Waals surface area contributed by atoms with E-state index in [4.69, 9.17) is 16.3 Å². The molecule has 2 atom stereocenters. The van der Waals surface area contributed by atoms with Crippen LogP contribution in [0.4, 0.5) is 22.0 Å². The Morgan fingerprint density at radius 3 is 2.44 bits per heavy atom. The van der Waals surface area contributed by atoms with E-state index in [0.717, 1.165) is 25.2 Å². The van der Waals surface area contributed by atoms with Crippen molar-refractivity contribution in [2.75, 3.05) is 26.0 Å². The number of carbonyl (C=O) groups excluding carboxylic acids is 1. The van der Waals surface area contributed by atoms with Gasteiger partial charge < -0.3 is 4.74 Å². The number of halogens is 6. The van der Waals surface area contributed by atoms with Crippen LogP contribution in [-0.2, 0) is 25.7 Å². The zero-order valence-electron chi connectivity index (χ0n) is 22.3. The second kappa shape index (κ2) is 11.6. The number of nitriles is 1. The van der Waals surface area contributed by atoms with Crippen LogP contribution in [0, 0.1) is 28.5 Å². The predicted octanol–water partition coefficient (Wildman–Crippen LogP) is 5.59. The molecule has 41 heavy (non-hydrogen) atoms. The Morgan fingerprint density at radius 1 is 1.27 bits per heavy atom. The number of hydrogen-bond acceptors (Lipinski definition) is 6. The second-order valence-corrected chi connectivity index (χ2v) is 13.1. The summed E-state index contributed by atoms with van der Waals surface area (Å²) < 4.78 is 100. The van der Waals surface area contributed by atoms with Crippen molar-refractivity contribution in [2.45, 2.75) is 57.3 Å². The van der Waals surface area contributed by atoms with E-state index in [9.17, 15) is 40.4 Å². The van der Waals surface area contributed by atoms with Crippen LogP contribution in [0.3, 0.4) is 0 Å². The summed E-state index contributed by atoms with van der Waals surface area (Å²) in [7, 11) is -3.89. The van der Waals surface area contributed by atoms with Gasteiger partial charge in [-0.3, -0.25) is 9.69 Å². The number of nitrogens with one attached hydrogen (secondary N) is 1. The SMILES string of the molecule is C[C@H](c1cc(C(F)(F)F)cc(Cl)c1F)N1CCC(C#N)(COC2CC(F)=C(C(=O)NS(C)(=O)=O)C=C2C2CC2)CC1. The summed E-state index contributed by atoms with van der Waals surface area (Å²) in [5.74, 6) is -2.75. The Labute approximate surface area is 240 Å². The van der Waals surface area contributed by atoms with Crippen LogP contribution in [0.2, 0.25) is 5.02 Å². The summed E-state index contributed by atoms with van der Waals surface area (Å²) in [5.41, 5.74) is -1.90. The van der Waals surface area contributed by atoms with Gasteiger partial charge in [0.1, 0.15) is 11.6 Å². The third-order valence-electron chi connectivity index (χ3n) is 7.85. The molecule has 3 aliphatic rings. The molecular weight excluding hydrogens is 593 g/mol. The average molecular weight is 622 g/mol. The number of amides is 1. The predicted molar refractivity (Wildman–Crippen MR) is 140 cm³/mol. The lowest BCUT2D eigenvalue weighted by Gasteiger charge is -2.41. The largest absolute Gasteiger partial charge is 0.416 e. The number of ether oxygens (including phenoxy) is 1. The maximum atomic E-state index is 14.9. The second-order valence-electron chi connectivity index (χ2n) is 10.9. The Bertz CT molecular complexity index is 1430. The molecule has 1 saturated carbocycles. The summed E-state index contributed by atoms with van der Waals surface area (Å²) in [6.07, 6.45) is -1.42. The molecule has 1 aliphatic heterocycles. The van der Waals surface area contributed by atoms with Crippen molar-refractivity contribution in [3.63, 3.8) is 0 Å². The molecule has 1 unspecified atom stereocenters. The molecule has 2 aliphatic carbocycles. The summed E-state index contributed by atoms with van der Waals surface area (Å²) in [6.45, 7) is 2.06. The van der Waals surface area contributed by atoms with Crippen molar-refractivity contribution in [2.24, 2.45) is 11.3 Å². The maximum Gasteiger partial charge on any atom is 0.416 e. The Kier molecular flexibility index (Phi) is 8.91. The summed E-state index contributed by atoms with van der Waals surface area (Å²) in [6, 6.07) is 2.84. The smallest absolute Gasteiger partial charge is 0.372 e. The van der Waals surface area contributed by atoms with Crippen LogP contribution in [0.25, 0.3) is 0 Å². The lowest BCUT2D eigenvalue weighted by molar-refractivity contribution is -0.137. The number of carbonyl (C=O) groups is 1. The number of piperidine rings is 1. The number of likely N-dealkylation sites (tertiary alicyclic amines) is 1. The first kappa shape index (κ1) is 31.4. The molecular formula is C27H29ClF5N3O4S. The summed E-state index contributed by atoms with van der Waals surface area (Å²) in [5, 5.41) is 9.40. The number of sulfonamides is 1. The van der Waals surface area contributed by atoms with Gasteiger partial charge in [0.25, 0.3) is 5.91 Å². The molecule has 0 spiro atoms. The minimum absolute atomic E-state index is 0.0532. The molecule has 7 nitrogen and oxygen atoms in total. The van der Waals surface area contributed by atoms with Crippen LogP contribution in [0.5, 0.6) is 0 Å². The fraction of sp³-hybridized carbons (Fsp3) is 0.556. The topological polar surface area (TPSA) is 99.5 Å². The van der Waals surface area contributed by atoms with Crippen molar-refractivity contribution in [3.05, 3.63) is 57.1 Å². The van der Waals surface area contributed by atoms with E-state index in [1.165, 1.54) is 6.08 Å². The van der Waals surface area contributed by atoms with Crippen LogP contribution in [0.15, 0.2) is 35.2 Å². The number of hydrogen-bond donors (Lipinski definition) is 1. The molecule has 0 bridgehead atoms. The minimum Gasteiger partial charge on any atom is -0.372 e. The van der Waals surface area contributed by atoms with Gasteiger partial charge in [0.05, 0.1) is 46.6 Å². The molecule has 1 aromatic rings. The summed E-state index contributed by atoms with van der Waals surface area (Å²) >= 11 is 5.76. The van der Waals surface area contributed by atoms with Gasteiger partial charge in [-0.1, -0.05) is 11.6 Å². The highest BCUT2D eigenvalue weighted by molar-refractivity contribution is 7.89. The molecule has 2 fully saturated rings. The third kappa shape index (κ3) is 7.28. The molecule has 1 N–H and O–H groups in total. The van der Waals surface area contributed by atoms with Crippen molar-refractivity contribution in [3.8, 4) is 6.07 Å². The van der Waals surface area contributed by atoms with Crippen molar-refractivity contribution in [1.82, 2.24) is 9.62 Å². The van der Waals surface area contributed by atoms with E-state index in [1.807, 2.05) is 0 Å². The lowest BCUT2D eigenvalue weighted by Crippen LogP contribution is -2.43. The van der Waals surface area contributed by atoms with Crippen LogP contribution < -0.4 is 4.72 Å². The highest BCUT2D eigenvalue weighted by atomic mass is 35.5. The first-order valence-corrected chi connectivity index (χ1v) is 15.3. The molecule has 1 amide bonds. The molecule has 0 aromatic heterocycles. The van der Waals surface area contributed by atoms with Gasteiger partial charge in [-0.05, 0) is 62.3 Å². The molecule has 224 valence electrons. The van der Waals surface area contributed by atoms with Gasteiger partial charge in [0.2, 0.25) is 10.0 Å². The summed E-state index contributed by atoms with van der Waals surface area (Å²) in [4.78, 5) is 14.1. The number of alkyl halides is 3. The molecule has 1 saturated heterocycles. The molecule has 1 aromatic carbocycles. The number of benzene rings is 1. The van der Waals surface area contributed by atoms with Gasteiger partial charge in [-0.25, -0.2) is 21.9 Å². The van der Waals surface area contributed by atoms with E-state index >= 15 is 0 Å². The van der Waals surface area contributed by atoms with Gasteiger partial charge in [-0.2, -0.15) is 18.4 Å². The Balaban J connectivity index is 1.43. The van der Waals surface area contributed by atoms with E-state index in [0.29, 0.717) is 11.6 Å². The fourth-order valence-electron chi connectivity index (χ4n) is 5.26. The van der Waals surface area contributed by atoms with Crippen LogP contribution >= 0.6 is 11.6 Å². The molecule has 1 heterocycles.